The van der Waals surface area contributed by atoms with Crippen molar-refractivity contribution in [2.24, 2.45) is 0 Å². The Morgan fingerprint density at radius 3 is 2.31 bits per heavy atom. The van der Waals surface area contributed by atoms with E-state index in [4.69, 9.17) is 32.9 Å². The van der Waals surface area contributed by atoms with Gasteiger partial charge in [-0.25, -0.2) is 22.2 Å². The summed E-state index contributed by atoms with van der Waals surface area (Å²) in [5.41, 5.74) is 2.12. The standard InChI is InChI=1S/C36H42Cl2F2N4O5S2/c1-36(2,23-13-16-27(37)31(18-23)49-7)33-32(22-11-14-24(39)15-12-22)41-35(42-33)50-21-26-28(38)19-25(20-29(26)40)51(47,48)43(3)30(34(45)46)10-8-9-17-44(4,5)6/h11-16,18-20,30H,8-10,17,21H2,1-7H3,(H-,41,42,45,46)/p+1/t30-/m0/s1. The highest BCUT2D eigenvalue weighted by atomic mass is 35.5. The molecule has 4 rings (SSSR count). The van der Waals surface area contributed by atoms with E-state index in [1.165, 1.54) is 26.3 Å². The van der Waals surface area contributed by atoms with Gasteiger partial charge in [0, 0.05) is 34.4 Å². The van der Waals surface area contributed by atoms with Gasteiger partial charge >= 0.3 is 5.97 Å². The van der Waals surface area contributed by atoms with E-state index in [2.05, 4.69) is 4.98 Å². The quantitative estimate of drug-likeness (QED) is 0.0669. The lowest BCUT2D eigenvalue weighted by molar-refractivity contribution is -0.870. The SMILES string of the molecule is COc1cc(C(C)(C)c2[nH]c(SCc3c(F)cc(S(=O)(=O)N(C)[C@@H](CCCC[N+](C)(C)C)C(=O)O)cc3Cl)nc2-c2ccc(F)cc2)ccc1Cl. The fourth-order valence-corrected chi connectivity index (χ4v) is 8.51. The van der Waals surface area contributed by atoms with Crippen LogP contribution in [0, 0.1) is 11.6 Å². The van der Waals surface area contributed by atoms with Crippen molar-refractivity contribution >= 4 is 51.0 Å². The summed E-state index contributed by atoms with van der Waals surface area (Å²) in [5.74, 6) is -2.08. The highest BCUT2D eigenvalue weighted by molar-refractivity contribution is 7.98. The number of carboxylic acid groups (broad SMARTS) is 1. The zero-order chi connectivity index (χ0) is 37.9. The van der Waals surface area contributed by atoms with Crippen LogP contribution in [0.2, 0.25) is 10.0 Å². The van der Waals surface area contributed by atoms with Gasteiger partial charge in [-0.1, -0.05) is 54.9 Å². The number of benzene rings is 3. The third-order valence-corrected chi connectivity index (χ3v) is 12.1. The Balaban J connectivity index is 1.61. The molecule has 0 unspecified atom stereocenters. The maximum absolute atomic E-state index is 15.6. The number of thioether (sulfide) groups is 1. The van der Waals surface area contributed by atoms with Crippen LogP contribution >= 0.6 is 35.0 Å². The minimum atomic E-state index is -4.41. The molecule has 0 radical (unpaired) electrons. The molecule has 0 spiro atoms. The first kappa shape index (κ1) is 40.6. The molecule has 3 aromatic carbocycles. The topological polar surface area (TPSA) is 113 Å². The zero-order valence-electron chi connectivity index (χ0n) is 29.6. The number of likely N-dealkylation sites (N-methyl/N-ethyl adjacent to an activating group) is 1. The van der Waals surface area contributed by atoms with E-state index in [1.54, 1.807) is 18.2 Å². The van der Waals surface area contributed by atoms with E-state index in [-0.39, 0.29) is 22.8 Å². The second-order valence-corrected chi connectivity index (χ2v) is 17.6. The number of nitrogens with one attached hydrogen (secondary N) is 1. The molecule has 0 amide bonds. The number of quaternary nitrogens is 1. The number of aliphatic carboxylic acids is 1. The summed E-state index contributed by atoms with van der Waals surface area (Å²) >= 11 is 13.9. The Kier molecular flexibility index (Phi) is 12.9. The second-order valence-electron chi connectivity index (χ2n) is 13.8. The average Bonchev–Trinajstić information content (AvgIpc) is 3.49. The molecule has 1 heterocycles. The molecule has 0 aliphatic rings. The minimum absolute atomic E-state index is 0.0180. The number of hydrogen-bond acceptors (Lipinski definition) is 6. The Morgan fingerprint density at radius 2 is 1.73 bits per heavy atom. The summed E-state index contributed by atoms with van der Waals surface area (Å²) in [4.78, 5) is 19.8. The van der Waals surface area contributed by atoms with E-state index in [9.17, 15) is 22.7 Å². The Morgan fingerprint density at radius 1 is 1.06 bits per heavy atom. The van der Waals surface area contributed by atoms with Crippen LogP contribution in [0.1, 0.15) is 49.9 Å². The summed E-state index contributed by atoms with van der Waals surface area (Å²) in [7, 11) is 4.35. The van der Waals surface area contributed by atoms with Crippen molar-refractivity contribution in [3.8, 4) is 17.0 Å². The number of unbranched alkanes of at least 4 members (excludes halogenated alkanes) is 1. The summed E-state index contributed by atoms with van der Waals surface area (Å²) in [5, 5.41) is 10.6. The molecule has 276 valence electrons. The monoisotopic (exact) mass is 783 g/mol. The van der Waals surface area contributed by atoms with Gasteiger partial charge in [-0.15, -0.1) is 0 Å². The van der Waals surface area contributed by atoms with Crippen molar-refractivity contribution in [2.75, 3.05) is 41.8 Å². The van der Waals surface area contributed by atoms with Crippen molar-refractivity contribution in [1.29, 1.82) is 0 Å². The van der Waals surface area contributed by atoms with Crippen LogP contribution in [0.3, 0.4) is 0 Å². The molecule has 0 saturated heterocycles. The van der Waals surface area contributed by atoms with E-state index < -0.39 is 44.0 Å². The van der Waals surface area contributed by atoms with Gasteiger partial charge in [-0.05, 0) is 73.4 Å². The number of imidazole rings is 1. The van der Waals surface area contributed by atoms with Gasteiger partial charge in [0.05, 0.1) is 56.1 Å². The van der Waals surface area contributed by atoms with Crippen molar-refractivity contribution in [3.05, 3.63) is 93.1 Å². The number of methoxy groups -OCH3 is 1. The summed E-state index contributed by atoms with van der Waals surface area (Å²) in [6.07, 6.45) is 1.31. The third kappa shape index (κ3) is 9.62. The van der Waals surface area contributed by atoms with Gasteiger partial charge in [0.2, 0.25) is 10.0 Å². The predicted molar refractivity (Wildman–Crippen MR) is 198 cm³/mol. The van der Waals surface area contributed by atoms with Crippen LogP contribution in [-0.2, 0) is 26.0 Å². The highest BCUT2D eigenvalue weighted by Gasteiger charge is 2.34. The molecule has 2 N–H and O–H groups in total. The number of nitrogens with zero attached hydrogens (tertiary/aromatic N) is 3. The number of aromatic amines is 1. The summed E-state index contributed by atoms with van der Waals surface area (Å²) in [6, 6.07) is 12.0. The second kappa shape index (κ2) is 16.2. The number of aromatic nitrogens is 2. The largest absolute Gasteiger partial charge is 0.495 e. The normalized spacial score (nSPS) is 13.1. The number of hydrogen-bond donors (Lipinski definition) is 2. The first-order chi connectivity index (χ1) is 23.8. The third-order valence-electron chi connectivity index (χ3n) is 8.72. The Labute approximate surface area is 312 Å². The fraction of sp³-hybridized carbons (Fsp3) is 0.389. The predicted octanol–water partition coefficient (Wildman–Crippen LogP) is 8.24. The van der Waals surface area contributed by atoms with Crippen LogP contribution in [0.15, 0.2) is 64.6 Å². The lowest BCUT2D eigenvalue weighted by Gasteiger charge is -2.26. The first-order valence-corrected chi connectivity index (χ1v) is 19.3. The average molecular weight is 785 g/mol. The van der Waals surface area contributed by atoms with Crippen molar-refractivity contribution in [3.63, 3.8) is 0 Å². The summed E-state index contributed by atoms with van der Waals surface area (Å²) in [6.45, 7) is 4.76. The van der Waals surface area contributed by atoms with Crippen molar-refractivity contribution in [1.82, 2.24) is 14.3 Å². The molecule has 4 aromatic rings. The van der Waals surface area contributed by atoms with Gasteiger partial charge in [-0.2, -0.15) is 4.31 Å². The molecule has 0 aliphatic heterocycles. The number of carboxylic acids is 1. The fourth-order valence-electron chi connectivity index (χ4n) is 5.61. The highest BCUT2D eigenvalue weighted by Crippen LogP contribution is 2.41. The summed E-state index contributed by atoms with van der Waals surface area (Å²) < 4.78 is 63.4. The van der Waals surface area contributed by atoms with E-state index in [0.717, 1.165) is 40.3 Å². The van der Waals surface area contributed by atoms with Crippen LogP contribution in [-0.4, -0.2) is 86.1 Å². The molecule has 1 aromatic heterocycles. The van der Waals surface area contributed by atoms with Crippen LogP contribution < -0.4 is 4.74 Å². The number of carbonyl (C=O) groups is 1. The van der Waals surface area contributed by atoms with Crippen LogP contribution in [0.4, 0.5) is 8.78 Å². The Bertz CT molecular complexity index is 1960. The molecule has 15 heteroatoms. The molecule has 1 atom stereocenters. The molecule has 0 bridgehead atoms. The number of halogens is 4. The van der Waals surface area contributed by atoms with Gasteiger partial charge in [0.15, 0.2) is 5.16 Å². The lowest BCUT2D eigenvalue weighted by atomic mass is 9.79. The Hall–Kier alpha value is -3.20. The molecular weight excluding hydrogens is 741 g/mol. The van der Waals surface area contributed by atoms with Crippen molar-refractivity contribution in [2.45, 2.75) is 60.4 Å². The molecule has 9 nitrogen and oxygen atoms in total. The molecule has 51 heavy (non-hydrogen) atoms. The van der Waals surface area contributed by atoms with E-state index >= 15 is 4.39 Å². The number of sulfonamides is 1. The smallest absolute Gasteiger partial charge is 0.322 e. The lowest BCUT2D eigenvalue weighted by Crippen LogP contribution is -2.42. The maximum Gasteiger partial charge on any atom is 0.322 e. The van der Waals surface area contributed by atoms with Gasteiger partial charge < -0.3 is 19.3 Å². The van der Waals surface area contributed by atoms with Gasteiger partial charge in [0.25, 0.3) is 0 Å². The number of rotatable bonds is 16. The van der Waals surface area contributed by atoms with Crippen LogP contribution in [0.25, 0.3) is 11.3 Å². The van der Waals surface area contributed by atoms with E-state index in [0.29, 0.717) is 50.2 Å². The zero-order valence-corrected chi connectivity index (χ0v) is 32.7. The van der Waals surface area contributed by atoms with E-state index in [1.807, 2.05) is 47.1 Å². The number of ether oxygens (including phenoxy) is 1. The first-order valence-electron chi connectivity index (χ1n) is 16.1. The minimum Gasteiger partial charge on any atom is -0.495 e. The maximum atomic E-state index is 15.6. The molecular formula is C36H43Cl2F2N4O5S2+. The molecule has 0 aliphatic carbocycles. The molecule has 0 fully saturated rings. The van der Waals surface area contributed by atoms with Crippen LogP contribution in [0.5, 0.6) is 5.75 Å². The van der Waals surface area contributed by atoms with Gasteiger partial charge in [0.1, 0.15) is 23.4 Å². The van der Waals surface area contributed by atoms with Gasteiger partial charge in [-0.3, -0.25) is 4.79 Å². The number of H-pyrrole nitrogens is 1. The van der Waals surface area contributed by atoms with Crippen molar-refractivity contribution < 1.29 is 36.3 Å². The molecule has 0 saturated carbocycles.